The number of amides is 1. The summed E-state index contributed by atoms with van der Waals surface area (Å²) in [5, 5.41) is 0. The molecule has 0 saturated carbocycles. The van der Waals surface area contributed by atoms with Crippen LogP contribution < -0.4 is 4.72 Å². The van der Waals surface area contributed by atoms with Crippen LogP contribution in [0.15, 0.2) is 48.5 Å². The van der Waals surface area contributed by atoms with Gasteiger partial charge in [-0.05, 0) is 29.2 Å². The number of sulfonamides is 1. The summed E-state index contributed by atoms with van der Waals surface area (Å²) in [5.41, 5.74) is 2.65. The van der Waals surface area contributed by atoms with Gasteiger partial charge in [0.25, 0.3) is 0 Å². The van der Waals surface area contributed by atoms with Gasteiger partial charge >= 0.3 is 12.1 Å². The summed E-state index contributed by atoms with van der Waals surface area (Å²) in [5.74, 6) is -2.53. The Morgan fingerprint density at radius 3 is 2.61 bits per heavy atom. The van der Waals surface area contributed by atoms with Crippen molar-refractivity contribution in [2.75, 3.05) is 31.4 Å². The van der Waals surface area contributed by atoms with E-state index in [9.17, 15) is 31.2 Å². The fourth-order valence-corrected chi connectivity index (χ4v) is 5.76. The normalized spacial score (nSPS) is 19.8. The van der Waals surface area contributed by atoms with Crippen molar-refractivity contribution in [3.05, 3.63) is 65.2 Å². The van der Waals surface area contributed by atoms with Crippen molar-refractivity contribution >= 4 is 27.6 Å². The van der Waals surface area contributed by atoms with Crippen LogP contribution in [0.25, 0.3) is 0 Å². The molecule has 8 nitrogen and oxygen atoms in total. The van der Waals surface area contributed by atoms with Gasteiger partial charge < -0.3 is 9.64 Å². The van der Waals surface area contributed by atoms with E-state index in [-0.39, 0.29) is 31.0 Å². The molecular weight excluding hydrogens is 499 g/mol. The zero-order chi connectivity index (χ0) is 26.1. The van der Waals surface area contributed by atoms with Crippen molar-refractivity contribution in [2.24, 2.45) is 0 Å². The predicted octanol–water partition coefficient (Wildman–Crippen LogP) is 2.86. The number of alkyl halides is 3. The van der Waals surface area contributed by atoms with Gasteiger partial charge in [0.15, 0.2) is 0 Å². The van der Waals surface area contributed by atoms with E-state index in [1.165, 1.54) is 0 Å². The third-order valence-corrected chi connectivity index (χ3v) is 7.57. The first-order chi connectivity index (χ1) is 16.9. The maximum Gasteiger partial charge on any atom is 0.490 e. The molecule has 4 rings (SSSR count). The van der Waals surface area contributed by atoms with Crippen molar-refractivity contribution in [3.8, 4) is 0 Å². The number of halogens is 3. The first-order valence-electron chi connectivity index (χ1n) is 11.3. The van der Waals surface area contributed by atoms with Gasteiger partial charge in [-0.1, -0.05) is 42.5 Å². The topological polar surface area (TPSA) is 96.0 Å². The number of benzene rings is 2. The minimum absolute atomic E-state index is 0.0545. The van der Waals surface area contributed by atoms with Crippen LogP contribution in [0, 0.1) is 0 Å². The van der Waals surface area contributed by atoms with Gasteiger partial charge in [0.1, 0.15) is 6.10 Å². The number of esters is 1. The number of hydrogen-bond acceptors (Lipinski definition) is 6. The Bertz CT molecular complexity index is 1240. The highest BCUT2D eigenvalue weighted by Gasteiger charge is 2.43. The summed E-state index contributed by atoms with van der Waals surface area (Å²) in [6.45, 7) is 0.908. The largest absolute Gasteiger partial charge is 0.490 e. The van der Waals surface area contributed by atoms with Crippen LogP contribution in [0.4, 0.5) is 18.9 Å². The lowest BCUT2D eigenvalue weighted by molar-refractivity contribution is -0.204. The summed E-state index contributed by atoms with van der Waals surface area (Å²) in [4.78, 5) is 27.9. The van der Waals surface area contributed by atoms with Gasteiger partial charge in [0.05, 0.1) is 23.9 Å². The SMILES string of the molecule is CN(C(=O)Cc1ccc2c(c1)CS(=O)(=O)N2)[C@H](CN1CC[C@H](OC(=O)C(F)(F)F)C1)c1ccccc1. The number of hydrogen-bond donors (Lipinski definition) is 1. The lowest BCUT2D eigenvalue weighted by atomic mass is 10.0. The van der Waals surface area contributed by atoms with Crippen molar-refractivity contribution in [2.45, 2.75) is 36.9 Å². The maximum atomic E-state index is 13.2. The third-order valence-electron chi connectivity index (χ3n) is 6.35. The average molecular weight is 526 g/mol. The second-order valence-electron chi connectivity index (χ2n) is 9.03. The van der Waals surface area contributed by atoms with Crippen LogP contribution in [0.3, 0.4) is 0 Å². The Balaban J connectivity index is 1.44. The van der Waals surface area contributed by atoms with E-state index in [0.717, 1.165) is 5.56 Å². The molecule has 0 spiro atoms. The monoisotopic (exact) mass is 525 g/mol. The van der Waals surface area contributed by atoms with Gasteiger partial charge in [-0.3, -0.25) is 14.4 Å². The number of rotatable bonds is 7. The summed E-state index contributed by atoms with van der Waals surface area (Å²) in [6.07, 6.45) is -5.58. The molecule has 2 heterocycles. The zero-order valence-corrected chi connectivity index (χ0v) is 20.3. The number of likely N-dealkylation sites (tertiary alicyclic amines) is 1. The van der Waals surface area contributed by atoms with E-state index in [2.05, 4.69) is 9.46 Å². The Labute approximate surface area is 207 Å². The van der Waals surface area contributed by atoms with Gasteiger partial charge in [-0.15, -0.1) is 0 Å². The highest BCUT2D eigenvalue weighted by Crippen LogP contribution is 2.29. The predicted molar refractivity (Wildman–Crippen MR) is 125 cm³/mol. The molecular formula is C24H26F3N3O5S. The smallest absolute Gasteiger partial charge is 0.454 e. The highest BCUT2D eigenvalue weighted by molar-refractivity contribution is 7.92. The van der Waals surface area contributed by atoms with Crippen molar-refractivity contribution in [1.82, 2.24) is 9.80 Å². The van der Waals surface area contributed by atoms with E-state index in [1.807, 2.05) is 35.2 Å². The molecule has 1 saturated heterocycles. The minimum Gasteiger partial charge on any atom is -0.454 e. The van der Waals surface area contributed by atoms with E-state index >= 15 is 0 Å². The summed E-state index contributed by atoms with van der Waals surface area (Å²) >= 11 is 0. The molecule has 194 valence electrons. The van der Waals surface area contributed by atoms with Crippen LogP contribution in [0.5, 0.6) is 0 Å². The third kappa shape index (κ3) is 6.16. The number of fused-ring (bicyclic) bond motifs is 1. The van der Waals surface area contributed by atoms with Crippen LogP contribution in [0.2, 0.25) is 0 Å². The Hall–Kier alpha value is -3.12. The molecule has 1 amide bonds. The number of nitrogens with one attached hydrogen (secondary N) is 1. The molecule has 2 aliphatic heterocycles. The molecule has 0 radical (unpaired) electrons. The van der Waals surface area contributed by atoms with Crippen LogP contribution in [-0.2, 0) is 36.5 Å². The number of carbonyl (C=O) groups is 2. The van der Waals surface area contributed by atoms with Gasteiger partial charge in [0, 0.05) is 26.7 Å². The minimum atomic E-state index is -5.04. The second-order valence-corrected chi connectivity index (χ2v) is 10.8. The summed E-state index contributed by atoms with van der Waals surface area (Å²) < 4.78 is 68.3. The highest BCUT2D eigenvalue weighted by atomic mass is 32.2. The number of ether oxygens (including phenoxy) is 1. The van der Waals surface area contributed by atoms with Gasteiger partial charge in [-0.2, -0.15) is 13.2 Å². The molecule has 0 unspecified atom stereocenters. The molecule has 0 bridgehead atoms. The first-order valence-corrected chi connectivity index (χ1v) is 13.0. The standard InChI is InChI=1S/C24H26F3N3O5S/c1-29(22(31)12-16-7-8-20-18(11-16)15-36(33,34)28-20)21(17-5-3-2-4-6-17)14-30-10-9-19(13-30)35-23(32)24(25,26)27/h2-8,11,19,21,28H,9-10,12-15H2,1H3/t19-,21+/m0/s1. The van der Waals surface area contributed by atoms with Gasteiger partial charge in [-0.25, -0.2) is 13.2 Å². The molecule has 2 aromatic rings. The van der Waals surface area contributed by atoms with Crippen molar-refractivity contribution < 1.29 is 35.9 Å². The molecule has 2 aliphatic rings. The molecule has 2 aromatic carbocycles. The Kier molecular flexibility index (Phi) is 7.28. The van der Waals surface area contributed by atoms with E-state index in [4.69, 9.17) is 0 Å². The van der Waals surface area contributed by atoms with E-state index in [0.29, 0.717) is 29.9 Å². The number of nitrogens with zero attached hydrogens (tertiary/aromatic N) is 2. The summed E-state index contributed by atoms with van der Waals surface area (Å²) in [6, 6.07) is 13.9. The quantitative estimate of drug-likeness (QED) is 0.559. The second kappa shape index (κ2) is 10.1. The van der Waals surface area contributed by atoms with Crippen molar-refractivity contribution in [3.63, 3.8) is 0 Å². The summed E-state index contributed by atoms with van der Waals surface area (Å²) in [7, 11) is -1.73. The Morgan fingerprint density at radius 2 is 1.92 bits per heavy atom. The van der Waals surface area contributed by atoms with Crippen LogP contribution in [-0.4, -0.2) is 69.1 Å². The zero-order valence-electron chi connectivity index (χ0n) is 19.5. The molecule has 0 aromatic heterocycles. The fourth-order valence-electron chi connectivity index (χ4n) is 4.51. The van der Waals surface area contributed by atoms with Crippen LogP contribution in [0.1, 0.15) is 29.2 Å². The molecule has 2 atom stereocenters. The molecule has 1 fully saturated rings. The molecule has 36 heavy (non-hydrogen) atoms. The number of anilines is 1. The van der Waals surface area contributed by atoms with Crippen LogP contribution >= 0.6 is 0 Å². The fraction of sp³-hybridized carbons (Fsp3) is 0.417. The van der Waals surface area contributed by atoms with Crippen molar-refractivity contribution in [1.29, 1.82) is 0 Å². The number of carbonyl (C=O) groups excluding carboxylic acids is 2. The average Bonchev–Trinajstić information content (AvgIpc) is 3.38. The first kappa shape index (κ1) is 26.0. The van der Waals surface area contributed by atoms with E-state index < -0.39 is 34.3 Å². The molecule has 0 aliphatic carbocycles. The Morgan fingerprint density at radius 1 is 1.19 bits per heavy atom. The maximum absolute atomic E-state index is 13.2. The van der Waals surface area contributed by atoms with Gasteiger partial charge in [0.2, 0.25) is 15.9 Å². The number of likely N-dealkylation sites (N-methyl/N-ethyl adjacent to an activating group) is 1. The lowest BCUT2D eigenvalue weighted by Gasteiger charge is -2.32. The molecule has 1 N–H and O–H groups in total. The lowest BCUT2D eigenvalue weighted by Crippen LogP contribution is -2.40. The van der Waals surface area contributed by atoms with E-state index in [1.54, 1.807) is 30.1 Å². The molecule has 12 heteroatoms.